The number of rotatable bonds is 2. The highest BCUT2D eigenvalue weighted by Crippen LogP contribution is 2.40. The van der Waals surface area contributed by atoms with Crippen molar-refractivity contribution in [3.63, 3.8) is 0 Å². The number of carbonyl (C=O) groups excluding carboxylic acids is 1. The molecule has 1 aromatic heterocycles. The van der Waals surface area contributed by atoms with Crippen LogP contribution in [0.15, 0.2) is 54.6 Å². The number of para-hydroxylation sites is 1. The molecule has 6 heteroatoms. The summed E-state index contributed by atoms with van der Waals surface area (Å²) >= 11 is 0. The minimum Gasteiger partial charge on any atom is -0.366 e. The van der Waals surface area contributed by atoms with Crippen LogP contribution in [0.1, 0.15) is 15.9 Å². The maximum absolute atomic E-state index is 13.6. The number of halogens is 3. The fraction of sp³-hybridized carbons (Fsp3) is 0.0588. The Bertz CT molecular complexity index is 889. The zero-order valence-electron chi connectivity index (χ0n) is 11.8. The summed E-state index contributed by atoms with van der Waals surface area (Å²) in [6, 6.07) is 14.1. The van der Waals surface area contributed by atoms with Gasteiger partial charge in [-0.3, -0.25) is 4.79 Å². The molecule has 0 spiro atoms. The molecule has 2 aromatic carbocycles. The average molecular weight is 316 g/mol. The van der Waals surface area contributed by atoms with Crippen LogP contribution in [-0.4, -0.2) is 10.9 Å². The standard InChI is InChI=1S/C17H11F3N2O/c18-17(19,20)14-13(16(21)23)11-8-4-5-9-12(11)22-15(14)10-6-2-1-3-7-10/h1-9H,(H2,21,23). The van der Waals surface area contributed by atoms with Gasteiger partial charge in [0.05, 0.1) is 22.3 Å². The Balaban J connectivity index is 2.51. The molecule has 116 valence electrons. The highest BCUT2D eigenvalue weighted by Gasteiger charge is 2.40. The maximum atomic E-state index is 13.6. The third-order valence-electron chi connectivity index (χ3n) is 3.47. The Morgan fingerprint density at radius 3 is 2.17 bits per heavy atom. The van der Waals surface area contributed by atoms with Crippen LogP contribution in [0.4, 0.5) is 13.2 Å². The SMILES string of the molecule is NC(=O)c1c(C(F)(F)F)c(-c2ccccc2)nc2ccccc12. The van der Waals surface area contributed by atoms with E-state index in [2.05, 4.69) is 4.98 Å². The molecule has 0 bridgehead atoms. The monoisotopic (exact) mass is 316 g/mol. The minimum absolute atomic E-state index is 0.0898. The van der Waals surface area contributed by atoms with Crippen LogP contribution < -0.4 is 5.73 Å². The number of alkyl halides is 3. The molecule has 3 nitrogen and oxygen atoms in total. The van der Waals surface area contributed by atoms with Crippen LogP contribution in [0.2, 0.25) is 0 Å². The van der Waals surface area contributed by atoms with Gasteiger partial charge in [-0.1, -0.05) is 48.5 Å². The molecular formula is C17H11F3N2O. The number of hydrogen-bond donors (Lipinski definition) is 1. The molecule has 0 atom stereocenters. The third kappa shape index (κ3) is 2.63. The van der Waals surface area contributed by atoms with Crippen molar-refractivity contribution >= 4 is 16.8 Å². The molecule has 0 radical (unpaired) electrons. The van der Waals surface area contributed by atoms with Gasteiger partial charge < -0.3 is 5.73 Å². The molecule has 3 rings (SSSR count). The Labute approximate surface area is 129 Å². The van der Waals surface area contributed by atoms with Crippen molar-refractivity contribution in [1.29, 1.82) is 0 Å². The van der Waals surface area contributed by atoms with Gasteiger partial charge in [0.1, 0.15) is 0 Å². The number of aromatic nitrogens is 1. The smallest absolute Gasteiger partial charge is 0.366 e. The van der Waals surface area contributed by atoms with E-state index in [0.29, 0.717) is 0 Å². The summed E-state index contributed by atoms with van der Waals surface area (Å²) in [5.41, 5.74) is 3.86. The summed E-state index contributed by atoms with van der Waals surface area (Å²) in [5, 5.41) is 0.0898. The van der Waals surface area contributed by atoms with Crippen LogP contribution in [0.5, 0.6) is 0 Å². The molecule has 0 saturated heterocycles. The lowest BCUT2D eigenvalue weighted by atomic mass is 9.96. The van der Waals surface area contributed by atoms with Gasteiger partial charge in [-0.15, -0.1) is 0 Å². The van der Waals surface area contributed by atoms with E-state index >= 15 is 0 Å². The van der Waals surface area contributed by atoms with E-state index in [9.17, 15) is 18.0 Å². The first kappa shape index (κ1) is 15.0. The topological polar surface area (TPSA) is 56.0 Å². The highest BCUT2D eigenvalue weighted by atomic mass is 19.4. The molecular weight excluding hydrogens is 305 g/mol. The van der Waals surface area contributed by atoms with Crippen molar-refractivity contribution in [1.82, 2.24) is 4.98 Å². The number of fused-ring (bicyclic) bond motifs is 1. The Morgan fingerprint density at radius 2 is 1.57 bits per heavy atom. The average Bonchev–Trinajstić information content (AvgIpc) is 2.52. The zero-order chi connectivity index (χ0) is 16.6. The first-order chi connectivity index (χ1) is 10.9. The van der Waals surface area contributed by atoms with Gasteiger partial charge in [0.2, 0.25) is 5.91 Å². The molecule has 0 aliphatic heterocycles. The summed E-state index contributed by atoms with van der Waals surface area (Å²) in [4.78, 5) is 15.9. The number of amides is 1. The second-order valence-electron chi connectivity index (χ2n) is 4.96. The predicted molar refractivity (Wildman–Crippen MR) is 80.7 cm³/mol. The van der Waals surface area contributed by atoms with E-state index in [-0.39, 0.29) is 22.2 Å². The van der Waals surface area contributed by atoms with E-state index in [4.69, 9.17) is 5.73 Å². The minimum atomic E-state index is -4.76. The Morgan fingerprint density at radius 1 is 0.957 bits per heavy atom. The summed E-state index contributed by atoms with van der Waals surface area (Å²) in [5.74, 6) is -1.13. The maximum Gasteiger partial charge on any atom is 0.419 e. The van der Waals surface area contributed by atoms with Crippen LogP contribution >= 0.6 is 0 Å². The number of hydrogen-bond acceptors (Lipinski definition) is 2. The Kier molecular flexibility index (Phi) is 3.52. The first-order valence-electron chi connectivity index (χ1n) is 6.74. The fourth-order valence-corrected chi connectivity index (χ4v) is 2.55. The van der Waals surface area contributed by atoms with Crippen molar-refractivity contribution in [2.24, 2.45) is 5.73 Å². The van der Waals surface area contributed by atoms with Crippen molar-refractivity contribution in [3.05, 3.63) is 65.7 Å². The molecule has 1 heterocycles. The molecule has 23 heavy (non-hydrogen) atoms. The van der Waals surface area contributed by atoms with Crippen LogP contribution in [0.3, 0.4) is 0 Å². The van der Waals surface area contributed by atoms with Gasteiger partial charge in [-0.2, -0.15) is 13.2 Å². The van der Waals surface area contributed by atoms with Gasteiger partial charge in [-0.05, 0) is 6.07 Å². The van der Waals surface area contributed by atoms with E-state index in [1.54, 1.807) is 36.4 Å². The summed E-state index contributed by atoms with van der Waals surface area (Å²) in [7, 11) is 0. The lowest BCUT2D eigenvalue weighted by molar-refractivity contribution is -0.137. The van der Waals surface area contributed by atoms with E-state index in [1.807, 2.05) is 0 Å². The van der Waals surface area contributed by atoms with Gasteiger partial charge in [0.15, 0.2) is 0 Å². The molecule has 0 unspecified atom stereocenters. The largest absolute Gasteiger partial charge is 0.419 e. The number of benzene rings is 2. The van der Waals surface area contributed by atoms with Crippen LogP contribution in [0, 0.1) is 0 Å². The van der Waals surface area contributed by atoms with Crippen molar-refractivity contribution < 1.29 is 18.0 Å². The number of carbonyl (C=O) groups is 1. The highest BCUT2D eigenvalue weighted by molar-refractivity contribution is 6.08. The summed E-state index contributed by atoms with van der Waals surface area (Å²) in [6.45, 7) is 0. The van der Waals surface area contributed by atoms with Crippen LogP contribution in [-0.2, 0) is 6.18 Å². The number of pyridine rings is 1. The molecule has 0 aliphatic carbocycles. The van der Waals surface area contributed by atoms with Gasteiger partial charge in [-0.25, -0.2) is 4.98 Å². The quantitative estimate of drug-likeness (QED) is 0.776. The second kappa shape index (κ2) is 5.39. The molecule has 2 N–H and O–H groups in total. The second-order valence-corrected chi connectivity index (χ2v) is 4.96. The van der Waals surface area contributed by atoms with Gasteiger partial charge in [0, 0.05) is 10.9 Å². The zero-order valence-corrected chi connectivity index (χ0v) is 11.8. The fourth-order valence-electron chi connectivity index (χ4n) is 2.55. The first-order valence-corrected chi connectivity index (χ1v) is 6.74. The van der Waals surface area contributed by atoms with Crippen molar-refractivity contribution in [2.75, 3.05) is 0 Å². The van der Waals surface area contributed by atoms with Gasteiger partial charge in [0.25, 0.3) is 0 Å². The lowest BCUT2D eigenvalue weighted by Crippen LogP contribution is -2.21. The molecule has 3 aromatic rings. The number of nitrogens with two attached hydrogens (primary N) is 1. The molecule has 1 amide bonds. The third-order valence-corrected chi connectivity index (χ3v) is 3.47. The van der Waals surface area contributed by atoms with Gasteiger partial charge >= 0.3 is 6.18 Å². The summed E-state index contributed by atoms with van der Waals surface area (Å²) in [6.07, 6.45) is -4.76. The summed E-state index contributed by atoms with van der Waals surface area (Å²) < 4.78 is 40.9. The lowest BCUT2D eigenvalue weighted by Gasteiger charge is -2.17. The molecule has 0 aliphatic rings. The predicted octanol–water partition coefficient (Wildman–Crippen LogP) is 4.02. The van der Waals surface area contributed by atoms with Crippen molar-refractivity contribution in [2.45, 2.75) is 6.18 Å². The van der Waals surface area contributed by atoms with E-state index < -0.39 is 23.2 Å². The number of nitrogens with zero attached hydrogens (tertiary/aromatic N) is 1. The van der Waals surface area contributed by atoms with Crippen LogP contribution in [0.25, 0.3) is 22.2 Å². The molecule has 0 saturated carbocycles. The normalized spacial score (nSPS) is 11.6. The Hall–Kier alpha value is -2.89. The van der Waals surface area contributed by atoms with E-state index in [1.165, 1.54) is 18.2 Å². The molecule has 0 fully saturated rings. The van der Waals surface area contributed by atoms with Crippen molar-refractivity contribution in [3.8, 4) is 11.3 Å². The van der Waals surface area contributed by atoms with E-state index in [0.717, 1.165) is 0 Å². The number of primary amides is 1.